The molecule has 5 aromatic carbocycles. The van der Waals surface area contributed by atoms with Crippen LogP contribution in [-0.4, -0.2) is 9.55 Å². The molecule has 0 saturated carbocycles. The molecular weight excluding hydrogens is 528 g/mol. The molecule has 0 spiro atoms. The molecular formula is C39H26N2O2. The molecule has 0 amide bonds. The fraction of sp³-hybridized carbons (Fsp3) is 0.0769. The number of aromatic nitrogens is 2. The Labute approximate surface area is 247 Å². The number of para-hydroxylation sites is 2. The number of hydrogen-bond donors (Lipinski definition) is 0. The number of pyridine rings is 1. The molecule has 3 heterocycles. The van der Waals surface area contributed by atoms with Gasteiger partial charge in [-0.15, -0.1) is 0 Å². The average molecular weight is 555 g/mol. The Hall–Kier alpha value is -5.48. The topological polar surface area (TPSA) is 48.0 Å². The highest BCUT2D eigenvalue weighted by Crippen LogP contribution is 2.53. The molecule has 0 bridgehead atoms. The predicted molar refractivity (Wildman–Crippen MR) is 175 cm³/mol. The minimum Gasteiger partial charge on any atom is -0.456 e. The number of hydrogen-bond acceptors (Lipinski definition) is 3. The summed E-state index contributed by atoms with van der Waals surface area (Å²) in [6.07, 6.45) is 3.84. The summed E-state index contributed by atoms with van der Waals surface area (Å²) in [5.41, 5.74) is 11.6. The summed E-state index contributed by atoms with van der Waals surface area (Å²) in [5.74, 6) is 0. The highest BCUT2D eigenvalue weighted by Gasteiger charge is 2.37. The largest absolute Gasteiger partial charge is 0.456 e. The van der Waals surface area contributed by atoms with Crippen molar-refractivity contribution in [2.45, 2.75) is 19.3 Å². The van der Waals surface area contributed by atoms with Gasteiger partial charge in [-0.2, -0.15) is 0 Å². The van der Waals surface area contributed by atoms with Gasteiger partial charge in [0.25, 0.3) is 0 Å². The van der Waals surface area contributed by atoms with Crippen LogP contribution in [0.15, 0.2) is 131 Å². The highest BCUT2D eigenvalue weighted by molar-refractivity contribution is 6.16. The normalized spacial score (nSPS) is 13.6. The number of rotatable bonds is 2. The minimum atomic E-state index is -0.113. The second kappa shape index (κ2) is 8.52. The van der Waals surface area contributed by atoms with Gasteiger partial charge in [-0.1, -0.05) is 86.6 Å². The van der Waals surface area contributed by atoms with Crippen molar-refractivity contribution in [2.75, 3.05) is 0 Å². The third-order valence-corrected chi connectivity index (χ3v) is 9.31. The summed E-state index contributed by atoms with van der Waals surface area (Å²) >= 11 is 0. The van der Waals surface area contributed by atoms with Gasteiger partial charge in [-0.05, 0) is 58.7 Å². The predicted octanol–water partition coefficient (Wildman–Crippen LogP) is 9.41. The number of fused-ring (bicyclic) bond motifs is 9. The number of benzene rings is 5. The van der Waals surface area contributed by atoms with E-state index in [1.54, 1.807) is 0 Å². The van der Waals surface area contributed by atoms with Crippen LogP contribution in [0.4, 0.5) is 0 Å². The van der Waals surface area contributed by atoms with Crippen molar-refractivity contribution < 1.29 is 4.42 Å². The van der Waals surface area contributed by atoms with E-state index in [9.17, 15) is 4.79 Å². The molecule has 9 rings (SSSR count). The molecule has 3 aromatic heterocycles. The number of nitrogens with zero attached hydrogens (tertiary/aromatic N) is 2. The Morgan fingerprint density at radius 1 is 0.674 bits per heavy atom. The lowest BCUT2D eigenvalue weighted by Gasteiger charge is -2.21. The Bertz CT molecular complexity index is 2510. The zero-order valence-corrected chi connectivity index (χ0v) is 23.8. The van der Waals surface area contributed by atoms with Gasteiger partial charge in [0.1, 0.15) is 11.2 Å². The molecule has 0 fully saturated rings. The lowest BCUT2D eigenvalue weighted by Crippen LogP contribution is -2.14. The van der Waals surface area contributed by atoms with Crippen LogP contribution < -0.4 is 5.43 Å². The molecule has 0 saturated heterocycles. The zero-order chi connectivity index (χ0) is 28.9. The van der Waals surface area contributed by atoms with Gasteiger partial charge >= 0.3 is 0 Å². The fourth-order valence-corrected chi connectivity index (χ4v) is 7.27. The molecule has 4 nitrogen and oxygen atoms in total. The third-order valence-electron chi connectivity index (χ3n) is 9.31. The van der Waals surface area contributed by atoms with E-state index in [1.807, 2.05) is 54.9 Å². The van der Waals surface area contributed by atoms with Crippen LogP contribution in [0.25, 0.3) is 71.7 Å². The average Bonchev–Trinajstić information content (AvgIpc) is 3.50. The van der Waals surface area contributed by atoms with E-state index >= 15 is 0 Å². The summed E-state index contributed by atoms with van der Waals surface area (Å²) in [5, 5.41) is 3.55. The maximum atomic E-state index is 13.3. The SMILES string of the molecule is CC1(C)c2ccccc2-c2c1ccc1c3ccncc3n(-c3ccccc3-c3ccc4c(=O)c5ccccc5oc4c3)c21. The standard InChI is InChI=1S/C39H26N2O2/c1-39(2)30-12-6-3-10-27(30)36-31(39)18-17-26-25-19-20-40-22-33(25)41(37(26)36)32-13-7-4-9-24(32)23-15-16-29-35(21-23)43-34-14-8-5-11-28(34)38(29)42/h3-22H,1-2H3. The van der Waals surface area contributed by atoms with Gasteiger partial charge in [-0.25, -0.2) is 0 Å². The van der Waals surface area contributed by atoms with Gasteiger partial charge in [0.15, 0.2) is 0 Å². The van der Waals surface area contributed by atoms with Crippen molar-refractivity contribution in [3.8, 4) is 27.9 Å². The Morgan fingerprint density at radius 3 is 2.33 bits per heavy atom. The maximum Gasteiger partial charge on any atom is 0.200 e. The van der Waals surface area contributed by atoms with Crippen LogP contribution in [-0.2, 0) is 5.41 Å². The first kappa shape index (κ1) is 24.2. The van der Waals surface area contributed by atoms with Crippen LogP contribution in [0.2, 0.25) is 0 Å². The van der Waals surface area contributed by atoms with Crippen molar-refractivity contribution in [1.29, 1.82) is 0 Å². The van der Waals surface area contributed by atoms with E-state index in [1.165, 1.54) is 38.5 Å². The van der Waals surface area contributed by atoms with Crippen molar-refractivity contribution in [3.63, 3.8) is 0 Å². The molecule has 0 N–H and O–H groups in total. The van der Waals surface area contributed by atoms with Crippen molar-refractivity contribution in [1.82, 2.24) is 9.55 Å². The Kier molecular flexibility index (Phi) is 4.79. The van der Waals surface area contributed by atoms with Gasteiger partial charge in [-0.3, -0.25) is 9.78 Å². The second-order valence-corrected chi connectivity index (χ2v) is 11.9. The van der Waals surface area contributed by atoms with Crippen LogP contribution in [0.3, 0.4) is 0 Å². The summed E-state index contributed by atoms with van der Waals surface area (Å²) in [6.45, 7) is 4.64. The maximum absolute atomic E-state index is 13.3. The van der Waals surface area contributed by atoms with E-state index in [-0.39, 0.29) is 10.8 Å². The smallest absolute Gasteiger partial charge is 0.200 e. The lowest BCUT2D eigenvalue weighted by atomic mass is 9.82. The van der Waals surface area contributed by atoms with Gasteiger partial charge in [0.2, 0.25) is 5.43 Å². The molecule has 4 heteroatoms. The van der Waals surface area contributed by atoms with Crippen molar-refractivity contribution in [2.24, 2.45) is 0 Å². The first-order chi connectivity index (χ1) is 21.0. The van der Waals surface area contributed by atoms with E-state index in [2.05, 4.69) is 90.1 Å². The van der Waals surface area contributed by atoms with E-state index in [4.69, 9.17) is 4.42 Å². The Balaban J connectivity index is 1.38. The fourth-order valence-electron chi connectivity index (χ4n) is 7.27. The van der Waals surface area contributed by atoms with Gasteiger partial charge in [0, 0.05) is 33.5 Å². The van der Waals surface area contributed by atoms with E-state index in [0.717, 1.165) is 22.3 Å². The van der Waals surface area contributed by atoms with Gasteiger partial charge < -0.3 is 8.98 Å². The summed E-state index contributed by atoms with van der Waals surface area (Å²) < 4.78 is 8.65. The van der Waals surface area contributed by atoms with E-state index < -0.39 is 0 Å². The molecule has 1 aliphatic carbocycles. The lowest BCUT2D eigenvalue weighted by molar-refractivity contribution is 0.660. The third kappa shape index (κ3) is 3.21. The minimum absolute atomic E-state index is 0.0120. The molecule has 43 heavy (non-hydrogen) atoms. The van der Waals surface area contributed by atoms with Gasteiger partial charge in [0.05, 0.1) is 33.7 Å². The molecule has 0 aliphatic heterocycles. The van der Waals surface area contributed by atoms with Crippen LogP contribution >= 0.6 is 0 Å². The summed E-state index contributed by atoms with van der Waals surface area (Å²) in [6, 6.07) is 37.3. The van der Waals surface area contributed by atoms with Crippen LogP contribution in [0.1, 0.15) is 25.0 Å². The molecule has 0 unspecified atom stereocenters. The first-order valence-electron chi connectivity index (χ1n) is 14.6. The molecule has 204 valence electrons. The zero-order valence-electron chi connectivity index (χ0n) is 23.8. The Morgan fingerprint density at radius 2 is 1.42 bits per heavy atom. The first-order valence-corrected chi connectivity index (χ1v) is 14.6. The van der Waals surface area contributed by atoms with Crippen LogP contribution in [0.5, 0.6) is 0 Å². The quantitative estimate of drug-likeness (QED) is 0.200. The summed E-state index contributed by atoms with van der Waals surface area (Å²) in [7, 11) is 0. The molecule has 0 atom stereocenters. The monoisotopic (exact) mass is 554 g/mol. The van der Waals surface area contributed by atoms with Crippen molar-refractivity contribution in [3.05, 3.63) is 143 Å². The van der Waals surface area contributed by atoms with Crippen LogP contribution in [0, 0.1) is 0 Å². The highest BCUT2D eigenvalue weighted by atomic mass is 16.3. The second-order valence-electron chi connectivity index (χ2n) is 11.9. The summed E-state index contributed by atoms with van der Waals surface area (Å²) in [4.78, 5) is 17.8. The molecule has 8 aromatic rings. The van der Waals surface area contributed by atoms with Crippen molar-refractivity contribution >= 4 is 43.7 Å². The molecule has 0 radical (unpaired) electrons. The molecule has 1 aliphatic rings. The van der Waals surface area contributed by atoms with E-state index in [0.29, 0.717) is 21.9 Å².